The van der Waals surface area contributed by atoms with Crippen LogP contribution in [0.25, 0.3) is 0 Å². The van der Waals surface area contributed by atoms with E-state index in [1.807, 2.05) is 50.4 Å². The molecule has 1 atom stereocenters. The van der Waals surface area contributed by atoms with Gasteiger partial charge in [0.2, 0.25) is 6.17 Å². The Kier molecular flexibility index (Phi) is 10.4. The van der Waals surface area contributed by atoms with Gasteiger partial charge in [0.05, 0.1) is 24.6 Å². The lowest BCUT2D eigenvalue weighted by atomic mass is 9.88. The standard InChI is InChI=1S/C31H39N5O4/c1-7-8-9-13-21(2)27-24-16-10-11-17-25(24)36(19-26(37)31(3,4)20-40-6)29(38)28(34-27)35-30(39)33-23-15-12-14-22(18-23)32-5/h7-11,13-14,16-18,28,32H,1,12,15,19-20H2,2-6H3,(H2,33,35,39)/b9-8-,21-13+/t28-/m0/s1. The molecule has 1 heterocycles. The number of benzene rings is 1. The van der Waals surface area contributed by atoms with Crippen LogP contribution in [0.1, 0.15) is 39.2 Å². The van der Waals surface area contributed by atoms with Crippen molar-refractivity contribution in [2.75, 3.05) is 32.2 Å². The molecule has 1 aliphatic heterocycles. The number of methoxy groups -OCH3 is 1. The van der Waals surface area contributed by atoms with Gasteiger partial charge >= 0.3 is 6.03 Å². The van der Waals surface area contributed by atoms with Gasteiger partial charge in [-0.1, -0.05) is 69.0 Å². The zero-order valence-electron chi connectivity index (χ0n) is 23.9. The van der Waals surface area contributed by atoms with E-state index in [4.69, 9.17) is 9.73 Å². The van der Waals surface area contributed by atoms with E-state index in [0.29, 0.717) is 23.4 Å². The second-order valence-electron chi connectivity index (χ2n) is 10.2. The van der Waals surface area contributed by atoms with Crippen molar-refractivity contribution in [3.05, 3.63) is 89.8 Å². The van der Waals surface area contributed by atoms with Gasteiger partial charge in [0, 0.05) is 36.5 Å². The number of hydrogen-bond acceptors (Lipinski definition) is 6. The first-order valence-electron chi connectivity index (χ1n) is 13.2. The van der Waals surface area contributed by atoms with E-state index in [1.54, 1.807) is 38.1 Å². The van der Waals surface area contributed by atoms with Crippen molar-refractivity contribution < 1.29 is 19.1 Å². The number of carbonyl (C=O) groups is 3. The second kappa shape index (κ2) is 13.7. The fourth-order valence-corrected chi connectivity index (χ4v) is 4.44. The topological polar surface area (TPSA) is 112 Å². The Morgan fingerprint density at radius 2 is 2.00 bits per heavy atom. The molecule has 0 unspecified atom stereocenters. The first kappa shape index (κ1) is 30.3. The Bertz CT molecular complexity index is 1300. The third kappa shape index (κ3) is 7.45. The molecule has 0 radical (unpaired) electrons. The Morgan fingerprint density at radius 1 is 1.25 bits per heavy atom. The van der Waals surface area contributed by atoms with Gasteiger partial charge in [0.15, 0.2) is 5.78 Å². The van der Waals surface area contributed by atoms with Crippen LogP contribution >= 0.6 is 0 Å². The van der Waals surface area contributed by atoms with E-state index >= 15 is 0 Å². The number of ketones is 1. The van der Waals surface area contributed by atoms with E-state index in [1.165, 1.54) is 12.0 Å². The van der Waals surface area contributed by atoms with Crippen LogP contribution in [0.15, 0.2) is 89.3 Å². The SMILES string of the molecule is C=C/C=C\C=C(/C)C1=N[C@@H](NC(=O)NC2=CC(NC)=CCC2)C(=O)N(CC(=O)C(C)(C)COC)c2ccccc21. The number of Topliss-reactive ketones (excluding diaryl/α,β-unsaturated/α-hetero) is 1. The summed E-state index contributed by atoms with van der Waals surface area (Å²) in [4.78, 5) is 46.6. The Morgan fingerprint density at radius 3 is 2.70 bits per heavy atom. The van der Waals surface area contributed by atoms with E-state index in [0.717, 1.165) is 23.4 Å². The normalized spacial score (nSPS) is 17.8. The molecule has 0 bridgehead atoms. The van der Waals surface area contributed by atoms with Crippen LogP contribution in [0.5, 0.6) is 0 Å². The lowest BCUT2D eigenvalue weighted by molar-refractivity contribution is -0.130. The fraction of sp³-hybridized carbons (Fsp3) is 0.355. The molecule has 2 aliphatic rings. The molecule has 212 valence electrons. The van der Waals surface area contributed by atoms with E-state index < -0.39 is 23.5 Å². The average Bonchev–Trinajstić information content (AvgIpc) is 3.04. The number of amides is 3. The van der Waals surface area contributed by atoms with Gasteiger partial charge in [-0.2, -0.15) is 0 Å². The molecule has 1 aliphatic carbocycles. The number of para-hydroxylation sites is 1. The monoisotopic (exact) mass is 545 g/mol. The van der Waals surface area contributed by atoms with E-state index in [2.05, 4.69) is 22.5 Å². The number of allylic oxidation sites excluding steroid dienone is 8. The molecule has 3 rings (SSSR count). The predicted molar refractivity (Wildman–Crippen MR) is 159 cm³/mol. The fourth-order valence-electron chi connectivity index (χ4n) is 4.44. The van der Waals surface area contributed by atoms with Crippen LogP contribution in [0.2, 0.25) is 0 Å². The Balaban J connectivity index is 2.03. The number of benzodiazepines with no additional fused rings is 1. The average molecular weight is 546 g/mol. The van der Waals surface area contributed by atoms with Crippen molar-refractivity contribution in [1.82, 2.24) is 16.0 Å². The minimum atomic E-state index is -1.27. The molecular weight excluding hydrogens is 506 g/mol. The molecule has 0 fully saturated rings. The number of carbonyl (C=O) groups excluding carboxylic acids is 3. The highest BCUT2D eigenvalue weighted by Crippen LogP contribution is 2.29. The molecule has 0 aromatic heterocycles. The van der Waals surface area contributed by atoms with Crippen molar-refractivity contribution >= 4 is 29.1 Å². The van der Waals surface area contributed by atoms with Crippen molar-refractivity contribution in [2.24, 2.45) is 10.4 Å². The van der Waals surface area contributed by atoms with Gasteiger partial charge in [0.25, 0.3) is 5.91 Å². The lowest BCUT2D eigenvalue weighted by Crippen LogP contribution is -2.52. The zero-order chi connectivity index (χ0) is 29.3. The van der Waals surface area contributed by atoms with Gasteiger partial charge in [-0.25, -0.2) is 9.79 Å². The van der Waals surface area contributed by atoms with Gasteiger partial charge in [-0.15, -0.1) is 0 Å². The summed E-state index contributed by atoms with van der Waals surface area (Å²) in [5.74, 6) is -0.689. The number of nitrogens with one attached hydrogen (secondary N) is 3. The smallest absolute Gasteiger partial charge is 0.321 e. The van der Waals surface area contributed by atoms with Crippen molar-refractivity contribution in [1.29, 1.82) is 0 Å². The molecule has 0 saturated carbocycles. The minimum Gasteiger partial charge on any atom is -0.388 e. The second-order valence-corrected chi connectivity index (χ2v) is 10.2. The highest BCUT2D eigenvalue weighted by atomic mass is 16.5. The number of likely N-dealkylation sites (N-methyl/N-ethyl adjacent to an activating group) is 1. The summed E-state index contributed by atoms with van der Waals surface area (Å²) in [6.45, 7) is 9.15. The third-order valence-corrected chi connectivity index (χ3v) is 6.68. The molecular formula is C31H39N5O4. The molecule has 9 heteroatoms. The van der Waals surface area contributed by atoms with Gasteiger partial charge in [0.1, 0.15) is 0 Å². The molecule has 1 aromatic rings. The third-order valence-electron chi connectivity index (χ3n) is 6.68. The van der Waals surface area contributed by atoms with Crippen LogP contribution in [0.3, 0.4) is 0 Å². The number of ether oxygens (including phenoxy) is 1. The molecule has 1 aromatic carbocycles. The molecule has 9 nitrogen and oxygen atoms in total. The van der Waals surface area contributed by atoms with Crippen molar-refractivity contribution in [3.63, 3.8) is 0 Å². The van der Waals surface area contributed by atoms with Crippen LogP contribution in [-0.2, 0) is 14.3 Å². The molecule has 40 heavy (non-hydrogen) atoms. The first-order chi connectivity index (χ1) is 19.1. The van der Waals surface area contributed by atoms with Crippen LogP contribution in [0.4, 0.5) is 10.5 Å². The number of nitrogens with zero attached hydrogens (tertiary/aromatic N) is 2. The summed E-state index contributed by atoms with van der Waals surface area (Å²) >= 11 is 0. The highest BCUT2D eigenvalue weighted by molar-refractivity contribution is 6.20. The minimum absolute atomic E-state index is 0.177. The first-order valence-corrected chi connectivity index (χ1v) is 13.2. The number of hydrogen-bond donors (Lipinski definition) is 3. The number of fused-ring (bicyclic) bond motifs is 1. The summed E-state index contributed by atoms with van der Waals surface area (Å²) in [6, 6.07) is 6.74. The largest absolute Gasteiger partial charge is 0.388 e. The maximum Gasteiger partial charge on any atom is 0.321 e. The number of urea groups is 1. The molecule has 0 spiro atoms. The lowest BCUT2D eigenvalue weighted by Gasteiger charge is -2.29. The zero-order valence-corrected chi connectivity index (χ0v) is 23.9. The summed E-state index contributed by atoms with van der Waals surface area (Å²) in [5.41, 5.74) is 3.33. The van der Waals surface area contributed by atoms with Gasteiger partial charge in [-0.3, -0.25) is 9.59 Å². The molecule has 0 saturated heterocycles. The molecule has 3 N–H and O–H groups in total. The van der Waals surface area contributed by atoms with Crippen molar-refractivity contribution in [2.45, 2.75) is 39.8 Å². The van der Waals surface area contributed by atoms with Crippen LogP contribution in [0, 0.1) is 5.41 Å². The summed E-state index contributed by atoms with van der Waals surface area (Å²) in [6.07, 6.45) is 11.2. The van der Waals surface area contributed by atoms with Crippen molar-refractivity contribution in [3.8, 4) is 0 Å². The Labute approximate surface area is 236 Å². The predicted octanol–water partition coefficient (Wildman–Crippen LogP) is 4.16. The molecule has 3 amide bonds. The number of aliphatic imine (C=N–C) groups is 1. The van der Waals surface area contributed by atoms with E-state index in [-0.39, 0.29) is 18.9 Å². The summed E-state index contributed by atoms with van der Waals surface area (Å²) in [5, 5.41) is 8.65. The number of rotatable bonds is 11. The summed E-state index contributed by atoms with van der Waals surface area (Å²) in [7, 11) is 3.35. The quantitative estimate of drug-likeness (QED) is 0.362. The van der Waals surface area contributed by atoms with E-state index in [9.17, 15) is 14.4 Å². The maximum absolute atomic E-state index is 14.0. The Hall–Kier alpha value is -4.24. The van der Waals surface area contributed by atoms with Gasteiger partial charge in [-0.05, 0) is 37.5 Å². The maximum atomic E-state index is 14.0. The van der Waals surface area contributed by atoms with Crippen LogP contribution in [-0.4, -0.2) is 56.9 Å². The highest BCUT2D eigenvalue weighted by Gasteiger charge is 2.37. The van der Waals surface area contributed by atoms with Gasteiger partial charge < -0.3 is 25.6 Å². The van der Waals surface area contributed by atoms with Crippen LogP contribution < -0.4 is 20.9 Å². The summed E-state index contributed by atoms with van der Waals surface area (Å²) < 4.78 is 5.25. The number of anilines is 1.